The lowest BCUT2D eigenvalue weighted by Gasteiger charge is -2.25. The molecule has 0 radical (unpaired) electrons. The summed E-state index contributed by atoms with van der Waals surface area (Å²) >= 11 is 0. The molecule has 0 fully saturated rings. The maximum atomic E-state index is 11.6. The molecular formula is C10H16N4O4. The molecule has 0 spiro atoms. The molecule has 0 aromatic heterocycles. The van der Waals surface area contributed by atoms with Crippen LogP contribution in [-0.2, 0) is 9.59 Å². The number of nitrogens with two attached hydrogens (primary N) is 1. The van der Waals surface area contributed by atoms with Gasteiger partial charge in [0.05, 0.1) is 18.9 Å². The van der Waals surface area contributed by atoms with Crippen LogP contribution in [0, 0.1) is 11.3 Å². The number of amides is 3. The van der Waals surface area contributed by atoms with E-state index < -0.39 is 30.4 Å². The molecule has 100 valence electrons. The van der Waals surface area contributed by atoms with Crippen LogP contribution in [0.3, 0.4) is 0 Å². The molecule has 0 saturated carbocycles. The Balaban J connectivity index is 4.55. The smallest absolute Gasteiger partial charge is 0.326 e. The van der Waals surface area contributed by atoms with Crippen molar-refractivity contribution in [1.82, 2.24) is 10.2 Å². The second-order valence-electron chi connectivity index (χ2n) is 3.83. The number of urea groups is 1. The lowest BCUT2D eigenvalue weighted by Crippen LogP contribution is -2.50. The number of nitrogens with zero attached hydrogens (tertiary/aromatic N) is 2. The molecule has 0 heterocycles. The standard InChI is InChI=1S/C10H16N4O4/c1-6(3-4-11)14(2)10(18)13-7(9(16)17)5-8(12)15/h6-7H,3,5H2,1-2H3,(H2,12,15)(H,13,18)(H,16,17)/t6?,7-/m1/s1. The molecule has 0 aromatic carbocycles. The highest BCUT2D eigenvalue weighted by molar-refractivity contribution is 5.87. The summed E-state index contributed by atoms with van der Waals surface area (Å²) in [6, 6.07) is -0.507. The van der Waals surface area contributed by atoms with E-state index in [1.165, 1.54) is 11.9 Å². The van der Waals surface area contributed by atoms with Crippen LogP contribution in [0.25, 0.3) is 0 Å². The average molecular weight is 256 g/mol. The quantitative estimate of drug-likeness (QED) is 0.574. The van der Waals surface area contributed by atoms with Crippen molar-refractivity contribution in [3.63, 3.8) is 0 Å². The van der Waals surface area contributed by atoms with Gasteiger partial charge in [0.15, 0.2) is 0 Å². The summed E-state index contributed by atoms with van der Waals surface area (Å²) in [5, 5.41) is 19.5. The van der Waals surface area contributed by atoms with Crippen LogP contribution in [0.1, 0.15) is 19.8 Å². The average Bonchev–Trinajstić information content (AvgIpc) is 2.26. The lowest BCUT2D eigenvalue weighted by atomic mass is 10.2. The third-order valence-electron chi connectivity index (χ3n) is 2.37. The van der Waals surface area contributed by atoms with Crippen molar-refractivity contribution in [1.29, 1.82) is 5.26 Å². The monoisotopic (exact) mass is 256 g/mol. The second-order valence-corrected chi connectivity index (χ2v) is 3.83. The normalized spacial score (nSPS) is 12.9. The van der Waals surface area contributed by atoms with Crippen LogP contribution in [0.4, 0.5) is 4.79 Å². The Kier molecular flexibility index (Phi) is 6.20. The molecule has 0 bridgehead atoms. The first kappa shape index (κ1) is 15.7. The van der Waals surface area contributed by atoms with E-state index in [1.54, 1.807) is 6.92 Å². The first-order chi connectivity index (χ1) is 8.29. The topological polar surface area (TPSA) is 137 Å². The van der Waals surface area contributed by atoms with E-state index in [0.717, 1.165) is 0 Å². The highest BCUT2D eigenvalue weighted by Gasteiger charge is 2.25. The van der Waals surface area contributed by atoms with Crippen molar-refractivity contribution in [3.05, 3.63) is 0 Å². The molecule has 0 rings (SSSR count). The zero-order valence-electron chi connectivity index (χ0n) is 10.2. The third kappa shape index (κ3) is 5.16. The predicted octanol–water partition coefficient (Wildman–Crippen LogP) is -0.741. The first-order valence-corrected chi connectivity index (χ1v) is 5.21. The number of aliphatic carboxylic acids is 1. The molecule has 1 unspecified atom stereocenters. The molecule has 0 saturated heterocycles. The van der Waals surface area contributed by atoms with E-state index in [9.17, 15) is 14.4 Å². The maximum absolute atomic E-state index is 11.6. The highest BCUT2D eigenvalue weighted by Crippen LogP contribution is 2.02. The molecule has 0 aliphatic heterocycles. The molecule has 0 aromatic rings. The van der Waals surface area contributed by atoms with E-state index >= 15 is 0 Å². The number of carboxylic acid groups (broad SMARTS) is 1. The molecule has 8 heteroatoms. The fourth-order valence-corrected chi connectivity index (χ4v) is 1.12. The van der Waals surface area contributed by atoms with Gasteiger partial charge in [-0.1, -0.05) is 0 Å². The van der Waals surface area contributed by atoms with Crippen molar-refractivity contribution in [2.45, 2.75) is 31.8 Å². The zero-order chi connectivity index (χ0) is 14.3. The fraction of sp³-hybridized carbons (Fsp3) is 0.600. The zero-order valence-corrected chi connectivity index (χ0v) is 10.2. The number of carbonyl (C=O) groups excluding carboxylic acids is 2. The number of primary amides is 1. The van der Waals surface area contributed by atoms with Gasteiger partial charge in [-0.3, -0.25) is 4.79 Å². The van der Waals surface area contributed by atoms with E-state index in [-0.39, 0.29) is 12.5 Å². The Morgan fingerprint density at radius 1 is 1.50 bits per heavy atom. The molecule has 8 nitrogen and oxygen atoms in total. The minimum atomic E-state index is -1.37. The number of hydrogen-bond donors (Lipinski definition) is 3. The molecule has 2 atom stereocenters. The lowest BCUT2D eigenvalue weighted by molar-refractivity contribution is -0.141. The number of carbonyl (C=O) groups is 3. The summed E-state index contributed by atoms with van der Waals surface area (Å²) in [5.41, 5.74) is 4.88. The minimum absolute atomic E-state index is 0.122. The Morgan fingerprint density at radius 3 is 2.44 bits per heavy atom. The molecule has 18 heavy (non-hydrogen) atoms. The van der Waals surface area contributed by atoms with Crippen LogP contribution in [0.5, 0.6) is 0 Å². The van der Waals surface area contributed by atoms with Crippen molar-refractivity contribution in [2.75, 3.05) is 7.05 Å². The molecule has 0 aliphatic carbocycles. The first-order valence-electron chi connectivity index (χ1n) is 5.21. The maximum Gasteiger partial charge on any atom is 0.326 e. The largest absolute Gasteiger partial charge is 0.480 e. The molecule has 0 aliphatic rings. The predicted molar refractivity (Wildman–Crippen MR) is 61.2 cm³/mol. The van der Waals surface area contributed by atoms with Gasteiger partial charge in [0.2, 0.25) is 5.91 Å². The van der Waals surface area contributed by atoms with Gasteiger partial charge in [-0.25, -0.2) is 9.59 Å². The number of nitriles is 1. The van der Waals surface area contributed by atoms with Crippen molar-refractivity contribution in [2.24, 2.45) is 5.73 Å². The summed E-state index contributed by atoms with van der Waals surface area (Å²) < 4.78 is 0. The van der Waals surface area contributed by atoms with E-state index in [4.69, 9.17) is 16.1 Å². The van der Waals surface area contributed by atoms with Gasteiger partial charge in [0.1, 0.15) is 6.04 Å². The SMILES string of the molecule is CC(CC#N)N(C)C(=O)N[C@H](CC(N)=O)C(=O)O. The summed E-state index contributed by atoms with van der Waals surface area (Å²) in [4.78, 5) is 34.3. The van der Waals surface area contributed by atoms with Gasteiger partial charge in [-0.2, -0.15) is 5.26 Å². The van der Waals surface area contributed by atoms with Crippen LogP contribution < -0.4 is 11.1 Å². The second kappa shape index (κ2) is 7.11. The van der Waals surface area contributed by atoms with Gasteiger partial charge in [-0.05, 0) is 6.92 Å². The number of nitrogens with one attached hydrogen (secondary N) is 1. The van der Waals surface area contributed by atoms with Crippen molar-refractivity contribution >= 4 is 17.9 Å². The Hall–Kier alpha value is -2.30. The van der Waals surface area contributed by atoms with Gasteiger partial charge < -0.3 is 21.1 Å². The van der Waals surface area contributed by atoms with Crippen LogP contribution >= 0.6 is 0 Å². The summed E-state index contributed by atoms with van der Waals surface area (Å²) in [6.07, 6.45) is -0.362. The van der Waals surface area contributed by atoms with Crippen LogP contribution in [-0.4, -0.2) is 47.0 Å². The molecular weight excluding hydrogens is 240 g/mol. The summed E-state index contributed by atoms with van der Waals surface area (Å²) in [6.45, 7) is 1.65. The minimum Gasteiger partial charge on any atom is -0.480 e. The summed E-state index contributed by atoms with van der Waals surface area (Å²) in [7, 11) is 1.43. The molecule has 3 amide bonds. The van der Waals surface area contributed by atoms with Crippen LogP contribution in [0.15, 0.2) is 0 Å². The van der Waals surface area contributed by atoms with Crippen molar-refractivity contribution in [3.8, 4) is 6.07 Å². The number of carboxylic acids is 1. The number of rotatable bonds is 6. The summed E-state index contributed by atoms with van der Waals surface area (Å²) in [5.74, 6) is -2.17. The Bertz CT molecular complexity index is 377. The fourth-order valence-electron chi connectivity index (χ4n) is 1.12. The highest BCUT2D eigenvalue weighted by atomic mass is 16.4. The van der Waals surface area contributed by atoms with Crippen molar-refractivity contribution < 1.29 is 19.5 Å². The number of hydrogen-bond acceptors (Lipinski definition) is 4. The third-order valence-corrected chi connectivity index (χ3v) is 2.37. The van der Waals surface area contributed by atoms with Gasteiger partial charge in [0, 0.05) is 13.1 Å². The van der Waals surface area contributed by atoms with Crippen LogP contribution in [0.2, 0.25) is 0 Å². The van der Waals surface area contributed by atoms with E-state index in [2.05, 4.69) is 5.32 Å². The van der Waals surface area contributed by atoms with Gasteiger partial charge in [0.25, 0.3) is 0 Å². The van der Waals surface area contributed by atoms with E-state index in [1.807, 2.05) is 6.07 Å². The Morgan fingerprint density at radius 2 is 2.06 bits per heavy atom. The van der Waals surface area contributed by atoms with E-state index in [0.29, 0.717) is 0 Å². The van der Waals surface area contributed by atoms with Gasteiger partial charge in [-0.15, -0.1) is 0 Å². The van der Waals surface area contributed by atoms with Gasteiger partial charge >= 0.3 is 12.0 Å². The molecule has 4 N–H and O–H groups in total. The Labute approximate surface area is 104 Å².